The quantitative estimate of drug-likeness (QED) is 0.776. The van der Waals surface area contributed by atoms with Crippen LogP contribution < -0.4 is 0 Å². The Morgan fingerprint density at radius 2 is 2.00 bits per heavy atom. The van der Waals surface area contributed by atoms with Gasteiger partial charge in [0.15, 0.2) is 0 Å². The molecule has 0 aliphatic heterocycles. The molecule has 0 unspecified atom stereocenters. The van der Waals surface area contributed by atoms with Gasteiger partial charge in [0.1, 0.15) is 12.4 Å². The van der Waals surface area contributed by atoms with Crippen LogP contribution in [-0.4, -0.2) is 16.2 Å². The maximum Gasteiger partial charge on any atom is 0.303 e. The summed E-state index contributed by atoms with van der Waals surface area (Å²) < 4.78 is 12.3. The van der Waals surface area contributed by atoms with E-state index in [1.165, 1.54) is 6.07 Å². The SMILES string of the molecule is O=C(O)CCc1cccc(CF)c1O. The topological polar surface area (TPSA) is 57.5 Å². The molecule has 0 bridgehead atoms. The second kappa shape index (κ2) is 4.60. The molecule has 3 nitrogen and oxygen atoms in total. The van der Waals surface area contributed by atoms with E-state index in [4.69, 9.17) is 5.11 Å². The molecule has 0 radical (unpaired) electrons. The first-order valence-electron chi connectivity index (χ1n) is 4.22. The van der Waals surface area contributed by atoms with Crippen molar-refractivity contribution in [3.63, 3.8) is 0 Å². The molecule has 0 saturated heterocycles. The van der Waals surface area contributed by atoms with Crippen LogP contribution in [0.2, 0.25) is 0 Å². The lowest BCUT2D eigenvalue weighted by Crippen LogP contribution is -1.98. The lowest BCUT2D eigenvalue weighted by Gasteiger charge is -2.05. The first-order chi connectivity index (χ1) is 6.65. The fourth-order valence-electron chi connectivity index (χ4n) is 1.20. The van der Waals surface area contributed by atoms with Gasteiger partial charge in [0, 0.05) is 12.0 Å². The number of hydrogen-bond donors (Lipinski definition) is 2. The third-order valence-corrected chi connectivity index (χ3v) is 1.96. The molecule has 0 amide bonds. The zero-order valence-electron chi connectivity index (χ0n) is 7.53. The van der Waals surface area contributed by atoms with Gasteiger partial charge in [-0.25, -0.2) is 4.39 Å². The molecule has 1 aromatic rings. The van der Waals surface area contributed by atoms with Crippen LogP contribution in [0.1, 0.15) is 17.5 Å². The number of carboxylic acid groups (broad SMARTS) is 1. The molecule has 0 aliphatic rings. The summed E-state index contributed by atoms with van der Waals surface area (Å²) in [6.45, 7) is -0.743. The third-order valence-electron chi connectivity index (χ3n) is 1.96. The molecule has 0 fully saturated rings. The molecule has 0 spiro atoms. The highest BCUT2D eigenvalue weighted by Crippen LogP contribution is 2.24. The molecule has 0 aliphatic carbocycles. The molecule has 0 saturated carbocycles. The van der Waals surface area contributed by atoms with E-state index in [1.807, 2.05) is 0 Å². The average Bonchev–Trinajstić information content (AvgIpc) is 2.16. The Bertz CT molecular complexity index is 336. The van der Waals surface area contributed by atoms with Gasteiger partial charge in [-0.3, -0.25) is 4.79 Å². The number of aryl methyl sites for hydroxylation is 1. The maximum atomic E-state index is 12.3. The normalized spacial score (nSPS) is 10.1. The van der Waals surface area contributed by atoms with E-state index >= 15 is 0 Å². The van der Waals surface area contributed by atoms with E-state index in [-0.39, 0.29) is 24.2 Å². The minimum atomic E-state index is -0.935. The van der Waals surface area contributed by atoms with Gasteiger partial charge >= 0.3 is 5.97 Å². The summed E-state index contributed by atoms with van der Waals surface area (Å²) in [4.78, 5) is 10.3. The minimum absolute atomic E-state index is 0.0662. The van der Waals surface area contributed by atoms with Gasteiger partial charge in [-0.15, -0.1) is 0 Å². The van der Waals surface area contributed by atoms with E-state index in [9.17, 15) is 14.3 Å². The Hall–Kier alpha value is -1.58. The first kappa shape index (κ1) is 10.5. The second-order valence-electron chi connectivity index (χ2n) is 2.95. The molecule has 0 heterocycles. The Morgan fingerprint density at radius 1 is 1.36 bits per heavy atom. The van der Waals surface area contributed by atoms with Crippen molar-refractivity contribution in [1.82, 2.24) is 0 Å². The average molecular weight is 198 g/mol. The van der Waals surface area contributed by atoms with Crippen LogP contribution in [0.15, 0.2) is 18.2 Å². The molecule has 1 aromatic carbocycles. The summed E-state index contributed by atoms with van der Waals surface area (Å²) in [7, 11) is 0. The van der Waals surface area contributed by atoms with E-state index in [1.54, 1.807) is 12.1 Å². The van der Waals surface area contributed by atoms with E-state index in [0.29, 0.717) is 5.56 Å². The summed E-state index contributed by atoms with van der Waals surface area (Å²) in [5.74, 6) is -1.06. The highest BCUT2D eigenvalue weighted by molar-refractivity contribution is 5.67. The number of phenolic OH excluding ortho intramolecular Hbond substituents is 1. The van der Waals surface area contributed by atoms with Crippen molar-refractivity contribution in [2.75, 3.05) is 0 Å². The molecule has 0 aromatic heterocycles. The van der Waals surface area contributed by atoms with Gasteiger partial charge < -0.3 is 10.2 Å². The predicted octanol–water partition coefficient (Wildman–Crippen LogP) is 1.88. The van der Waals surface area contributed by atoms with Crippen LogP contribution in [0.25, 0.3) is 0 Å². The predicted molar refractivity (Wildman–Crippen MR) is 48.9 cm³/mol. The van der Waals surface area contributed by atoms with Gasteiger partial charge in [0.05, 0.1) is 0 Å². The van der Waals surface area contributed by atoms with Crippen molar-refractivity contribution in [1.29, 1.82) is 0 Å². The monoisotopic (exact) mass is 198 g/mol. The fourth-order valence-corrected chi connectivity index (χ4v) is 1.20. The van der Waals surface area contributed by atoms with E-state index < -0.39 is 12.6 Å². The minimum Gasteiger partial charge on any atom is -0.507 e. The highest BCUT2D eigenvalue weighted by atomic mass is 19.1. The van der Waals surface area contributed by atoms with Crippen LogP contribution in [0.3, 0.4) is 0 Å². The van der Waals surface area contributed by atoms with Crippen molar-refractivity contribution in [2.45, 2.75) is 19.5 Å². The van der Waals surface area contributed by atoms with Crippen molar-refractivity contribution in [3.8, 4) is 5.75 Å². The van der Waals surface area contributed by atoms with Crippen LogP contribution in [-0.2, 0) is 17.9 Å². The molecule has 0 atom stereocenters. The van der Waals surface area contributed by atoms with Crippen molar-refractivity contribution >= 4 is 5.97 Å². The number of rotatable bonds is 4. The third kappa shape index (κ3) is 2.45. The lowest BCUT2D eigenvalue weighted by atomic mass is 10.1. The number of aromatic hydroxyl groups is 1. The molecule has 2 N–H and O–H groups in total. The zero-order valence-corrected chi connectivity index (χ0v) is 7.53. The van der Waals surface area contributed by atoms with Gasteiger partial charge in [0.2, 0.25) is 0 Å². The first-order valence-corrected chi connectivity index (χ1v) is 4.22. The van der Waals surface area contributed by atoms with Crippen molar-refractivity contribution < 1.29 is 19.4 Å². The molecular formula is C10H11FO3. The van der Waals surface area contributed by atoms with Crippen LogP contribution in [0.4, 0.5) is 4.39 Å². The van der Waals surface area contributed by atoms with E-state index in [2.05, 4.69) is 0 Å². The number of carbonyl (C=O) groups is 1. The summed E-state index contributed by atoms with van der Waals surface area (Å²) in [6, 6.07) is 4.67. The number of benzene rings is 1. The van der Waals surface area contributed by atoms with E-state index in [0.717, 1.165) is 0 Å². The fraction of sp³-hybridized carbons (Fsp3) is 0.300. The molecule has 4 heteroatoms. The number of aliphatic carboxylic acids is 1. The second-order valence-corrected chi connectivity index (χ2v) is 2.95. The molecular weight excluding hydrogens is 187 g/mol. The standard InChI is InChI=1S/C10H11FO3/c11-6-8-3-1-2-7(10(8)14)4-5-9(12)13/h1-3,14H,4-6H2,(H,12,13). The van der Waals surface area contributed by atoms with Gasteiger partial charge in [-0.1, -0.05) is 18.2 Å². The number of para-hydroxylation sites is 1. The summed E-state index contributed by atoms with van der Waals surface area (Å²) in [5, 5.41) is 17.9. The highest BCUT2D eigenvalue weighted by Gasteiger charge is 2.07. The molecule has 14 heavy (non-hydrogen) atoms. The number of phenols is 1. The Kier molecular flexibility index (Phi) is 3.45. The van der Waals surface area contributed by atoms with Gasteiger partial charge in [0.25, 0.3) is 0 Å². The maximum absolute atomic E-state index is 12.3. The number of carboxylic acids is 1. The van der Waals surface area contributed by atoms with Crippen LogP contribution in [0, 0.1) is 0 Å². The summed E-state index contributed by atoms with van der Waals surface area (Å²) >= 11 is 0. The Labute approximate surface area is 80.8 Å². The van der Waals surface area contributed by atoms with Gasteiger partial charge in [-0.05, 0) is 12.0 Å². The largest absolute Gasteiger partial charge is 0.507 e. The zero-order chi connectivity index (χ0) is 10.6. The Morgan fingerprint density at radius 3 is 2.57 bits per heavy atom. The smallest absolute Gasteiger partial charge is 0.303 e. The van der Waals surface area contributed by atoms with Crippen molar-refractivity contribution in [2.24, 2.45) is 0 Å². The molecule has 1 rings (SSSR count). The van der Waals surface area contributed by atoms with Gasteiger partial charge in [-0.2, -0.15) is 0 Å². The Balaban J connectivity index is 2.81. The number of hydrogen-bond acceptors (Lipinski definition) is 2. The van der Waals surface area contributed by atoms with Crippen molar-refractivity contribution in [3.05, 3.63) is 29.3 Å². The van der Waals surface area contributed by atoms with Crippen LogP contribution in [0.5, 0.6) is 5.75 Å². The molecule has 76 valence electrons. The number of halogens is 1. The number of alkyl halides is 1. The van der Waals surface area contributed by atoms with Crippen LogP contribution >= 0.6 is 0 Å². The lowest BCUT2D eigenvalue weighted by molar-refractivity contribution is -0.136. The summed E-state index contributed by atoms with van der Waals surface area (Å²) in [5.41, 5.74) is 0.676. The summed E-state index contributed by atoms with van der Waals surface area (Å²) in [6.07, 6.45) is 0.151.